The molecule has 56 valence electrons. The number of rotatable bonds is 1. The van der Waals surface area contributed by atoms with Crippen LogP contribution in [0.3, 0.4) is 0 Å². The van der Waals surface area contributed by atoms with Crippen molar-refractivity contribution in [3.05, 3.63) is 17.7 Å². The third-order valence-corrected chi connectivity index (χ3v) is 1.48. The number of hydrogen-bond acceptors (Lipinski definition) is 1. The van der Waals surface area contributed by atoms with Gasteiger partial charge in [0.15, 0.2) is 0 Å². The molecule has 0 aliphatic heterocycles. The Morgan fingerprint density at radius 3 is 2.40 bits per heavy atom. The molecule has 1 heterocycles. The Hall–Kier alpha value is -0.860. The van der Waals surface area contributed by atoms with Crippen molar-refractivity contribution in [2.45, 2.75) is 19.8 Å². The largest absolute Gasteiger partial charge is 0.269 e. The van der Waals surface area contributed by atoms with Crippen LogP contribution in [0.15, 0.2) is 6.07 Å². The van der Waals surface area contributed by atoms with E-state index in [9.17, 15) is 4.39 Å². The maximum atomic E-state index is 12.4. The van der Waals surface area contributed by atoms with Crippen LogP contribution < -0.4 is 0 Å². The molecule has 0 aliphatic rings. The molecular weight excluding hydrogens is 131 g/mol. The molecule has 0 saturated heterocycles. The van der Waals surface area contributed by atoms with E-state index < -0.39 is 5.95 Å². The Bertz CT molecular complexity index is 228. The Labute approximate surface area is 59.7 Å². The SMILES string of the molecule is CC(C)c1cc(F)nn1C. The molecule has 0 N–H and O–H groups in total. The molecule has 1 aromatic rings. The highest BCUT2D eigenvalue weighted by Gasteiger charge is 2.06. The van der Waals surface area contributed by atoms with Crippen LogP contribution in [-0.2, 0) is 7.05 Å². The smallest absolute Gasteiger partial charge is 0.232 e. The Kier molecular flexibility index (Phi) is 1.74. The summed E-state index contributed by atoms with van der Waals surface area (Å²) < 4.78 is 14.0. The fourth-order valence-corrected chi connectivity index (χ4v) is 0.986. The minimum atomic E-state index is -0.397. The van der Waals surface area contributed by atoms with Gasteiger partial charge < -0.3 is 0 Å². The predicted octanol–water partition coefficient (Wildman–Crippen LogP) is 1.68. The molecule has 3 heteroatoms. The van der Waals surface area contributed by atoms with E-state index in [0.717, 1.165) is 5.69 Å². The Morgan fingerprint density at radius 2 is 2.20 bits per heavy atom. The summed E-state index contributed by atoms with van der Waals surface area (Å²) in [4.78, 5) is 0. The van der Waals surface area contributed by atoms with E-state index in [1.54, 1.807) is 11.7 Å². The highest BCUT2D eigenvalue weighted by Crippen LogP contribution is 2.13. The molecule has 1 rings (SSSR count). The van der Waals surface area contributed by atoms with Gasteiger partial charge in [-0.2, -0.15) is 4.39 Å². The van der Waals surface area contributed by atoms with E-state index in [1.165, 1.54) is 6.07 Å². The maximum absolute atomic E-state index is 12.4. The number of halogens is 1. The summed E-state index contributed by atoms with van der Waals surface area (Å²) in [6, 6.07) is 1.46. The molecule has 0 amide bonds. The van der Waals surface area contributed by atoms with Gasteiger partial charge in [-0.05, 0) is 5.92 Å². The van der Waals surface area contributed by atoms with Crippen molar-refractivity contribution in [1.82, 2.24) is 9.78 Å². The Morgan fingerprint density at radius 1 is 1.60 bits per heavy atom. The monoisotopic (exact) mass is 142 g/mol. The lowest BCUT2D eigenvalue weighted by Gasteiger charge is -2.02. The summed E-state index contributed by atoms with van der Waals surface area (Å²) in [7, 11) is 1.75. The van der Waals surface area contributed by atoms with Crippen LogP contribution in [0, 0.1) is 5.95 Å². The summed E-state index contributed by atoms with van der Waals surface area (Å²) in [5.41, 5.74) is 0.928. The minimum Gasteiger partial charge on any atom is -0.269 e. The van der Waals surface area contributed by atoms with Gasteiger partial charge in [-0.1, -0.05) is 13.8 Å². The van der Waals surface area contributed by atoms with Crippen molar-refractivity contribution >= 4 is 0 Å². The van der Waals surface area contributed by atoms with Crippen molar-refractivity contribution in [1.29, 1.82) is 0 Å². The molecule has 0 unspecified atom stereocenters. The van der Waals surface area contributed by atoms with Crippen LogP contribution in [0.5, 0.6) is 0 Å². The summed E-state index contributed by atoms with van der Waals surface area (Å²) in [5.74, 6) is -0.0619. The second-order valence-corrected chi connectivity index (χ2v) is 2.67. The molecule has 0 fully saturated rings. The fourth-order valence-electron chi connectivity index (χ4n) is 0.986. The molecule has 10 heavy (non-hydrogen) atoms. The number of aromatic nitrogens is 2. The van der Waals surface area contributed by atoms with Gasteiger partial charge in [-0.15, -0.1) is 5.10 Å². The first kappa shape index (κ1) is 7.25. The first-order chi connectivity index (χ1) is 4.61. The van der Waals surface area contributed by atoms with Crippen molar-refractivity contribution in [2.75, 3.05) is 0 Å². The van der Waals surface area contributed by atoms with Crippen molar-refractivity contribution < 1.29 is 4.39 Å². The van der Waals surface area contributed by atoms with E-state index in [4.69, 9.17) is 0 Å². The minimum absolute atomic E-state index is 0.335. The topological polar surface area (TPSA) is 17.8 Å². The van der Waals surface area contributed by atoms with Crippen LogP contribution in [0.4, 0.5) is 4.39 Å². The summed E-state index contributed by atoms with van der Waals surface area (Å²) in [5, 5.41) is 3.58. The van der Waals surface area contributed by atoms with E-state index in [0.29, 0.717) is 5.92 Å². The zero-order valence-corrected chi connectivity index (χ0v) is 6.43. The zero-order valence-electron chi connectivity index (χ0n) is 6.43. The van der Waals surface area contributed by atoms with Crippen molar-refractivity contribution in [3.63, 3.8) is 0 Å². The van der Waals surface area contributed by atoms with Crippen molar-refractivity contribution in [2.24, 2.45) is 7.05 Å². The van der Waals surface area contributed by atoms with E-state index >= 15 is 0 Å². The highest BCUT2D eigenvalue weighted by molar-refractivity contribution is 5.05. The third kappa shape index (κ3) is 1.17. The lowest BCUT2D eigenvalue weighted by Crippen LogP contribution is -1.99. The first-order valence-corrected chi connectivity index (χ1v) is 3.30. The summed E-state index contributed by atoms with van der Waals surface area (Å²) in [6.07, 6.45) is 0. The van der Waals surface area contributed by atoms with E-state index in [-0.39, 0.29) is 0 Å². The van der Waals surface area contributed by atoms with Gasteiger partial charge in [-0.3, -0.25) is 4.68 Å². The van der Waals surface area contributed by atoms with Gasteiger partial charge in [-0.25, -0.2) is 0 Å². The summed E-state index contributed by atoms with van der Waals surface area (Å²) >= 11 is 0. The van der Waals surface area contributed by atoms with Gasteiger partial charge in [0.05, 0.1) is 0 Å². The molecule has 1 aromatic heterocycles. The van der Waals surface area contributed by atoms with Gasteiger partial charge in [0, 0.05) is 18.8 Å². The van der Waals surface area contributed by atoms with Gasteiger partial charge in [0.2, 0.25) is 5.95 Å². The lowest BCUT2D eigenvalue weighted by molar-refractivity contribution is 0.548. The molecule has 0 aromatic carbocycles. The summed E-state index contributed by atoms with van der Waals surface area (Å²) in [6.45, 7) is 4.02. The predicted molar refractivity (Wildman–Crippen MR) is 37.3 cm³/mol. The lowest BCUT2D eigenvalue weighted by atomic mass is 10.1. The van der Waals surface area contributed by atoms with E-state index in [2.05, 4.69) is 5.10 Å². The van der Waals surface area contributed by atoms with Crippen molar-refractivity contribution in [3.8, 4) is 0 Å². The maximum Gasteiger partial charge on any atom is 0.232 e. The average Bonchev–Trinajstić information content (AvgIpc) is 2.10. The molecule has 0 bridgehead atoms. The van der Waals surface area contributed by atoms with Gasteiger partial charge in [0.1, 0.15) is 0 Å². The van der Waals surface area contributed by atoms with Gasteiger partial charge in [0.25, 0.3) is 0 Å². The normalized spacial score (nSPS) is 10.9. The number of hydrogen-bond donors (Lipinski definition) is 0. The van der Waals surface area contributed by atoms with Crippen LogP contribution in [0.1, 0.15) is 25.5 Å². The third-order valence-electron chi connectivity index (χ3n) is 1.48. The van der Waals surface area contributed by atoms with Crippen LogP contribution in [0.25, 0.3) is 0 Å². The quantitative estimate of drug-likeness (QED) is 0.583. The van der Waals surface area contributed by atoms with Crippen LogP contribution in [-0.4, -0.2) is 9.78 Å². The molecule has 2 nitrogen and oxygen atoms in total. The molecule has 0 saturated carbocycles. The molecule has 0 radical (unpaired) electrons. The molecule has 0 aliphatic carbocycles. The van der Waals surface area contributed by atoms with Crippen LogP contribution in [0.2, 0.25) is 0 Å². The number of aryl methyl sites for hydroxylation is 1. The number of nitrogens with zero attached hydrogens (tertiary/aromatic N) is 2. The Balaban J connectivity index is 3.03. The fraction of sp³-hybridized carbons (Fsp3) is 0.571. The van der Waals surface area contributed by atoms with E-state index in [1.807, 2.05) is 13.8 Å². The first-order valence-electron chi connectivity index (χ1n) is 3.30. The molecule has 0 spiro atoms. The molecule has 0 atom stereocenters. The molecular formula is C7H11FN2. The standard InChI is InChI=1S/C7H11FN2/c1-5(2)6-4-7(8)9-10(6)3/h4-5H,1-3H3. The second-order valence-electron chi connectivity index (χ2n) is 2.67. The highest BCUT2D eigenvalue weighted by atomic mass is 19.1. The zero-order chi connectivity index (χ0) is 7.72. The second kappa shape index (κ2) is 2.40. The average molecular weight is 142 g/mol. The van der Waals surface area contributed by atoms with Gasteiger partial charge >= 0.3 is 0 Å². The van der Waals surface area contributed by atoms with Crippen LogP contribution >= 0.6 is 0 Å².